The molecule has 1 aromatic rings. The number of nitrogens with two attached hydrogens (primary N) is 1. The number of benzene rings is 1. The molecule has 11 nitrogen and oxygen atoms in total. The van der Waals surface area contributed by atoms with E-state index in [1.54, 1.807) is 20.8 Å². The highest BCUT2D eigenvalue weighted by molar-refractivity contribution is 5.75. The fourth-order valence-electron chi connectivity index (χ4n) is 3.16. The van der Waals surface area contributed by atoms with Gasteiger partial charge in [0.1, 0.15) is 12.1 Å². The molecule has 0 heterocycles. The van der Waals surface area contributed by atoms with Crippen molar-refractivity contribution >= 4 is 24.2 Å². The van der Waals surface area contributed by atoms with Gasteiger partial charge >= 0.3 is 24.2 Å². The number of hydrogen-bond acceptors (Lipinski definition) is 10. The molecule has 190 valence electrons. The largest absolute Gasteiger partial charge is 0.513 e. The van der Waals surface area contributed by atoms with Crippen molar-refractivity contribution in [3.05, 3.63) is 23.8 Å². The lowest BCUT2D eigenvalue weighted by molar-refractivity contribution is -0.148. The lowest BCUT2D eigenvalue weighted by atomic mass is 9.79. The molecule has 0 radical (unpaired) electrons. The summed E-state index contributed by atoms with van der Waals surface area (Å²) in [5.74, 6) is -3.54. The van der Waals surface area contributed by atoms with Gasteiger partial charge in [-0.3, -0.25) is 9.59 Å². The van der Waals surface area contributed by atoms with E-state index in [-0.39, 0.29) is 24.7 Å². The number of rotatable bonds is 12. The molecular formula is C23H33NO10. The smallest absolute Gasteiger partial charge is 0.480 e. The first-order chi connectivity index (χ1) is 16.0. The summed E-state index contributed by atoms with van der Waals surface area (Å²) < 4.78 is 25.4. The molecule has 0 aliphatic rings. The van der Waals surface area contributed by atoms with E-state index in [9.17, 15) is 24.3 Å². The van der Waals surface area contributed by atoms with Gasteiger partial charge in [-0.2, -0.15) is 0 Å². The van der Waals surface area contributed by atoms with E-state index in [2.05, 4.69) is 0 Å². The van der Waals surface area contributed by atoms with Gasteiger partial charge in [-0.15, -0.1) is 0 Å². The van der Waals surface area contributed by atoms with Gasteiger partial charge in [0.2, 0.25) is 0 Å². The van der Waals surface area contributed by atoms with Crippen molar-refractivity contribution in [3.8, 4) is 11.5 Å². The van der Waals surface area contributed by atoms with Crippen LogP contribution in [0.5, 0.6) is 11.5 Å². The monoisotopic (exact) mass is 483 g/mol. The van der Waals surface area contributed by atoms with Crippen LogP contribution in [0.15, 0.2) is 18.2 Å². The lowest BCUT2D eigenvalue weighted by Gasteiger charge is -2.31. The van der Waals surface area contributed by atoms with Crippen LogP contribution >= 0.6 is 0 Å². The second kappa shape index (κ2) is 14.0. The second-order valence-electron chi connectivity index (χ2n) is 7.67. The summed E-state index contributed by atoms with van der Waals surface area (Å²) in [6.07, 6.45) is -1.58. The van der Waals surface area contributed by atoms with Gasteiger partial charge in [-0.1, -0.05) is 26.8 Å². The van der Waals surface area contributed by atoms with Gasteiger partial charge in [0.05, 0.1) is 13.2 Å². The SMILES string of the molecule is CCCOC(=O)Oc1ccc(C(C(C)C(C)OC(C)=O)[C@H](N)C(=O)O)cc1OC(=O)OCCC. The van der Waals surface area contributed by atoms with Gasteiger partial charge in [-0.05, 0) is 37.5 Å². The third-order valence-corrected chi connectivity index (χ3v) is 4.92. The molecule has 4 atom stereocenters. The Kier molecular flexibility index (Phi) is 11.8. The van der Waals surface area contributed by atoms with Crippen molar-refractivity contribution in [1.29, 1.82) is 0 Å². The summed E-state index contributed by atoms with van der Waals surface area (Å²) in [4.78, 5) is 47.1. The highest BCUT2D eigenvalue weighted by Gasteiger charge is 2.35. The topological polar surface area (TPSA) is 161 Å². The average molecular weight is 484 g/mol. The van der Waals surface area contributed by atoms with Crippen LogP contribution in [0, 0.1) is 5.92 Å². The zero-order valence-corrected chi connectivity index (χ0v) is 20.1. The molecule has 0 aromatic heterocycles. The molecule has 0 spiro atoms. The Labute approximate surface area is 198 Å². The van der Waals surface area contributed by atoms with E-state index in [1.807, 2.05) is 6.92 Å². The van der Waals surface area contributed by atoms with Crippen LogP contribution in [0.25, 0.3) is 0 Å². The van der Waals surface area contributed by atoms with E-state index < -0.39 is 48.2 Å². The summed E-state index contributed by atoms with van der Waals surface area (Å²) in [5, 5.41) is 9.57. The van der Waals surface area contributed by atoms with Crippen molar-refractivity contribution in [2.24, 2.45) is 11.7 Å². The summed E-state index contributed by atoms with van der Waals surface area (Å²) >= 11 is 0. The first kappa shape index (κ1) is 28.7. The first-order valence-corrected chi connectivity index (χ1v) is 11.0. The molecule has 11 heteroatoms. The van der Waals surface area contributed by atoms with Crippen LogP contribution in [0.3, 0.4) is 0 Å². The summed E-state index contributed by atoms with van der Waals surface area (Å²) in [6, 6.07) is 2.77. The van der Waals surface area contributed by atoms with Gasteiger partial charge in [0, 0.05) is 18.8 Å². The van der Waals surface area contributed by atoms with Gasteiger partial charge < -0.3 is 34.5 Å². The molecule has 1 rings (SSSR count). The Bertz CT molecular complexity index is 856. The zero-order valence-electron chi connectivity index (χ0n) is 20.1. The normalized spacial score (nSPS) is 14.2. The predicted octanol–water partition coefficient (Wildman–Crippen LogP) is 3.62. The first-order valence-electron chi connectivity index (χ1n) is 11.0. The highest BCUT2D eigenvalue weighted by Crippen LogP contribution is 2.37. The number of carbonyl (C=O) groups excluding carboxylic acids is 3. The standard InChI is InChI=1S/C23H33NO10/c1-6-10-30-22(28)33-17-9-8-16(12-18(17)34-23(29)31-11-7-2)19(20(24)21(26)27)13(3)14(4)32-15(5)25/h8-9,12-14,19-20H,6-7,10-11,24H2,1-5H3,(H,26,27)/t13?,14?,19?,20-/m0/s1. The van der Waals surface area contributed by atoms with Crippen LogP contribution in [0.4, 0.5) is 9.59 Å². The van der Waals surface area contributed by atoms with E-state index in [4.69, 9.17) is 29.4 Å². The second-order valence-corrected chi connectivity index (χ2v) is 7.67. The Balaban J connectivity index is 3.41. The molecule has 0 aliphatic heterocycles. The molecule has 0 amide bonds. The number of esters is 1. The summed E-state index contributed by atoms with van der Waals surface area (Å²) in [6.45, 7) is 8.40. The number of carboxylic acid groups (broad SMARTS) is 1. The average Bonchev–Trinajstić information content (AvgIpc) is 2.77. The van der Waals surface area contributed by atoms with Gasteiger partial charge in [0.15, 0.2) is 11.5 Å². The van der Waals surface area contributed by atoms with Gasteiger partial charge in [-0.25, -0.2) is 9.59 Å². The quantitative estimate of drug-likeness (QED) is 0.254. The summed E-state index contributed by atoms with van der Waals surface area (Å²) in [5.41, 5.74) is 6.33. The van der Waals surface area contributed by atoms with E-state index in [0.29, 0.717) is 18.4 Å². The molecule has 0 fully saturated rings. The number of ether oxygens (including phenoxy) is 5. The fraction of sp³-hybridized carbons (Fsp3) is 0.565. The number of carbonyl (C=O) groups is 4. The molecule has 3 N–H and O–H groups in total. The predicted molar refractivity (Wildman–Crippen MR) is 120 cm³/mol. The molecule has 0 saturated carbocycles. The maximum Gasteiger partial charge on any atom is 0.513 e. The zero-order chi connectivity index (χ0) is 25.8. The van der Waals surface area contributed by atoms with Crippen molar-refractivity contribution in [2.75, 3.05) is 13.2 Å². The third-order valence-electron chi connectivity index (χ3n) is 4.92. The van der Waals surface area contributed by atoms with Crippen molar-refractivity contribution < 1.29 is 48.0 Å². The minimum atomic E-state index is -1.38. The van der Waals surface area contributed by atoms with Crippen LogP contribution in [0.2, 0.25) is 0 Å². The molecule has 0 aliphatic carbocycles. The minimum absolute atomic E-state index is 0.108. The Morgan fingerprint density at radius 1 is 0.941 bits per heavy atom. The van der Waals surface area contributed by atoms with E-state index in [1.165, 1.54) is 25.1 Å². The molecule has 34 heavy (non-hydrogen) atoms. The van der Waals surface area contributed by atoms with Gasteiger partial charge in [0.25, 0.3) is 0 Å². The minimum Gasteiger partial charge on any atom is -0.480 e. The summed E-state index contributed by atoms with van der Waals surface area (Å²) in [7, 11) is 0. The van der Waals surface area contributed by atoms with Crippen LogP contribution in [0.1, 0.15) is 58.9 Å². The molecule has 1 aromatic carbocycles. The lowest BCUT2D eigenvalue weighted by Crippen LogP contribution is -2.42. The van der Waals surface area contributed by atoms with E-state index in [0.717, 1.165) is 0 Å². The molecule has 0 bridgehead atoms. The highest BCUT2D eigenvalue weighted by atomic mass is 16.7. The van der Waals surface area contributed by atoms with Crippen LogP contribution in [-0.4, -0.2) is 54.7 Å². The van der Waals surface area contributed by atoms with Crippen LogP contribution in [-0.2, 0) is 23.8 Å². The Morgan fingerprint density at radius 2 is 1.47 bits per heavy atom. The third kappa shape index (κ3) is 8.89. The van der Waals surface area contributed by atoms with Crippen LogP contribution < -0.4 is 15.2 Å². The maximum absolute atomic E-state index is 12.1. The van der Waals surface area contributed by atoms with Crippen molar-refractivity contribution in [3.63, 3.8) is 0 Å². The molecule has 0 saturated heterocycles. The maximum atomic E-state index is 12.1. The number of aliphatic carboxylic acids is 1. The Hall–Kier alpha value is -3.34. The van der Waals surface area contributed by atoms with Crippen molar-refractivity contribution in [1.82, 2.24) is 0 Å². The van der Waals surface area contributed by atoms with E-state index >= 15 is 0 Å². The number of carboxylic acids is 1. The Morgan fingerprint density at radius 3 is 1.94 bits per heavy atom. The van der Waals surface area contributed by atoms with Crippen molar-refractivity contribution in [2.45, 2.75) is 65.5 Å². The number of hydrogen-bond donors (Lipinski definition) is 2. The molecule has 3 unspecified atom stereocenters. The molecular weight excluding hydrogens is 450 g/mol. The fourth-order valence-corrected chi connectivity index (χ4v) is 3.16.